The van der Waals surface area contributed by atoms with Crippen LogP contribution in [0.1, 0.15) is 25.3 Å². The van der Waals surface area contributed by atoms with Crippen LogP contribution in [0.2, 0.25) is 5.15 Å². The maximum absolute atomic E-state index is 12.5. The minimum absolute atomic E-state index is 0.124. The van der Waals surface area contributed by atoms with Crippen LogP contribution in [0.3, 0.4) is 0 Å². The molecular weight excluding hydrogens is 386 g/mol. The number of halogens is 1. The molecular formula is C19H20ClN3O3S. The van der Waals surface area contributed by atoms with Crippen molar-refractivity contribution in [3.05, 3.63) is 47.1 Å². The number of thioether (sulfide) groups is 1. The van der Waals surface area contributed by atoms with Gasteiger partial charge >= 0.3 is 5.97 Å². The second kappa shape index (κ2) is 8.27. The van der Waals surface area contributed by atoms with E-state index in [9.17, 15) is 9.59 Å². The number of rotatable bonds is 6. The van der Waals surface area contributed by atoms with Gasteiger partial charge < -0.3 is 10.0 Å². The molecule has 1 fully saturated rings. The molecule has 142 valence electrons. The molecule has 8 heteroatoms. The lowest BCUT2D eigenvalue weighted by molar-refractivity contribution is -0.134. The number of piperidine rings is 1. The van der Waals surface area contributed by atoms with E-state index < -0.39 is 11.4 Å². The summed E-state index contributed by atoms with van der Waals surface area (Å²) >= 11 is 7.13. The van der Waals surface area contributed by atoms with Gasteiger partial charge in [0, 0.05) is 19.2 Å². The molecule has 1 N–H and O–H groups in total. The highest BCUT2D eigenvalue weighted by molar-refractivity contribution is 7.99. The second-order valence-corrected chi connectivity index (χ2v) is 7.83. The fraction of sp³-hybridized carbons (Fsp3) is 0.368. The minimum Gasteiger partial charge on any atom is -0.481 e. The van der Waals surface area contributed by atoms with Gasteiger partial charge in [-0.1, -0.05) is 53.7 Å². The Morgan fingerprint density at radius 1 is 1.22 bits per heavy atom. The monoisotopic (exact) mass is 405 g/mol. The van der Waals surface area contributed by atoms with E-state index in [1.54, 1.807) is 13.0 Å². The van der Waals surface area contributed by atoms with Gasteiger partial charge in [0.25, 0.3) is 0 Å². The first-order valence-electron chi connectivity index (χ1n) is 8.61. The van der Waals surface area contributed by atoms with Crippen molar-refractivity contribution in [3.8, 4) is 0 Å². The molecule has 0 spiro atoms. The topological polar surface area (TPSA) is 83.4 Å². The summed E-state index contributed by atoms with van der Waals surface area (Å²) in [4.78, 5) is 33.8. The van der Waals surface area contributed by atoms with Crippen molar-refractivity contribution in [1.29, 1.82) is 0 Å². The number of aliphatic carboxylic acids is 1. The lowest BCUT2D eigenvalue weighted by Gasteiger charge is -2.41. The van der Waals surface area contributed by atoms with Crippen molar-refractivity contribution < 1.29 is 14.7 Å². The molecule has 1 saturated heterocycles. The normalized spacial score (nSPS) is 16.1. The summed E-state index contributed by atoms with van der Waals surface area (Å²) in [6.07, 6.45) is 1.37. The summed E-state index contributed by atoms with van der Waals surface area (Å²) in [6, 6.07) is 11.6. The van der Waals surface area contributed by atoms with Crippen molar-refractivity contribution >= 4 is 40.9 Å². The number of carboxylic acids is 1. The van der Waals surface area contributed by atoms with Gasteiger partial charge in [-0.25, -0.2) is 9.97 Å². The number of Topliss-reactive ketones (excluding diaryl/α,β-unsaturated/α-hetero) is 1. The largest absolute Gasteiger partial charge is 0.481 e. The van der Waals surface area contributed by atoms with Crippen LogP contribution in [0.25, 0.3) is 0 Å². The van der Waals surface area contributed by atoms with Crippen LogP contribution in [0.4, 0.5) is 5.82 Å². The molecule has 0 bridgehead atoms. The average molecular weight is 406 g/mol. The number of aromatic nitrogens is 2. The SMILES string of the molecule is CC(=O)C1(c2ccccc2)CCN(c2cc(Cl)nc(SCC(=O)O)n2)CC1. The van der Waals surface area contributed by atoms with Gasteiger partial charge in [-0.2, -0.15) is 0 Å². The first-order valence-corrected chi connectivity index (χ1v) is 9.98. The summed E-state index contributed by atoms with van der Waals surface area (Å²) in [5.74, 6) is -0.224. The zero-order valence-corrected chi connectivity index (χ0v) is 16.5. The van der Waals surface area contributed by atoms with Gasteiger partial charge in [0.15, 0.2) is 5.16 Å². The highest BCUT2D eigenvalue weighted by atomic mass is 35.5. The maximum atomic E-state index is 12.5. The molecule has 0 radical (unpaired) electrons. The van der Waals surface area contributed by atoms with Gasteiger partial charge in [-0.05, 0) is 25.3 Å². The molecule has 0 atom stereocenters. The van der Waals surface area contributed by atoms with Crippen LogP contribution in [0, 0.1) is 0 Å². The summed E-state index contributed by atoms with van der Waals surface area (Å²) in [5.41, 5.74) is 0.575. The van der Waals surface area contributed by atoms with Gasteiger partial charge in [0.1, 0.15) is 16.8 Å². The van der Waals surface area contributed by atoms with E-state index >= 15 is 0 Å². The molecule has 6 nitrogen and oxygen atoms in total. The van der Waals surface area contributed by atoms with E-state index in [1.807, 2.05) is 30.3 Å². The van der Waals surface area contributed by atoms with E-state index in [4.69, 9.17) is 16.7 Å². The lowest BCUT2D eigenvalue weighted by atomic mass is 9.70. The fourth-order valence-electron chi connectivity index (χ4n) is 3.46. The number of carbonyl (C=O) groups excluding carboxylic acids is 1. The zero-order valence-electron chi connectivity index (χ0n) is 14.9. The van der Waals surface area contributed by atoms with Crippen LogP contribution in [-0.2, 0) is 15.0 Å². The van der Waals surface area contributed by atoms with E-state index in [0.717, 1.165) is 17.3 Å². The average Bonchev–Trinajstić information content (AvgIpc) is 2.66. The third-order valence-corrected chi connectivity index (χ3v) is 5.95. The molecule has 0 unspecified atom stereocenters. The highest BCUT2D eigenvalue weighted by Gasteiger charge is 2.40. The van der Waals surface area contributed by atoms with Crippen molar-refractivity contribution in [2.75, 3.05) is 23.7 Å². The quantitative estimate of drug-likeness (QED) is 0.447. The molecule has 0 amide bonds. The van der Waals surface area contributed by atoms with Crippen molar-refractivity contribution in [2.24, 2.45) is 0 Å². The second-order valence-electron chi connectivity index (χ2n) is 6.51. The number of anilines is 1. The number of hydrogen-bond acceptors (Lipinski definition) is 6. The third kappa shape index (κ3) is 4.42. The van der Waals surface area contributed by atoms with E-state index in [-0.39, 0.29) is 16.7 Å². The fourth-order valence-corrected chi connectivity index (χ4v) is 4.26. The Balaban J connectivity index is 1.78. The number of hydrogen-bond donors (Lipinski definition) is 1. The molecule has 1 aromatic heterocycles. The molecule has 0 saturated carbocycles. The summed E-state index contributed by atoms with van der Waals surface area (Å²) in [7, 11) is 0. The van der Waals surface area contributed by atoms with Crippen molar-refractivity contribution in [3.63, 3.8) is 0 Å². The number of ketones is 1. The molecule has 1 aromatic carbocycles. The molecule has 0 aliphatic carbocycles. The van der Waals surface area contributed by atoms with Gasteiger partial charge in [-0.3, -0.25) is 9.59 Å². The van der Waals surface area contributed by atoms with Crippen molar-refractivity contribution in [1.82, 2.24) is 9.97 Å². The third-order valence-electron chi connectivity index (χ3n) is 4.93. The highest BCUT2D eigenvalue weighted by Crippen LogP contribution is 2.38. The smallest absolute Gasteiger partial charge is 0.313 e. The molecule has 1 aliphatic rings. The first-order chi connectivity index (χ1) is 12.9. The Morgan fingerprint density at radius 2 is 1.89 bits per heavy atom. The van der Waals surface area contributed by atoms with E-state index in [2.05, 4.69) is 14.9 Å². The number of carboxylic acid groups (broad SMARTS) is 1. The zero-order chi connectivity index (χ0) is 19.4. The maximum Gasteiger partial charge on any atom is 0.313 e. The Morgan fingerprint density at radius 3 is 2.48 bits per heavy atom. The van der Waals surface area contributed by atoms with E-state index in [0.29, 0.717) is 36.9 Å². The Hall–Kier alpha value is -2.12. The Labute approximate surface area is 167 Å². The van der Waals surface area contributed by atoms with Crippen LogP contribution < -0.4 is 4.90 Å². The Kier molecular flexibility index (Phi) is 6.01. The summed E-state index contributed by atoms with van der Waals surface area (Å²) in [5, 5.41) is 9.44. The standard InChI is InChI=1S/C19H20ClN3O3S/c1-13(24)19(14-5-3-2-4-6-14)7-9-23(10-8-19)16-11-15(20)21-18(22-16)27-12-17(25)26/h2-6,11H,7-10,12H2,1H3,(H,25,26). The molecule has 27 heavy (non-hydrogen) atoms. The van der Waals surface area contributed by atoms with Crippen LogP contribution in [-0.4, -0.2) is 45.7 Å². The van der Waals surface area contributed by atoms with Crippen LogP contribution in [0.15, 0.2) is 41.6 Å². The Bertz CT molecular complexity index is 839. The molecule has 2 aromatic rings. The summed E-state index contributed by atoms with van der Waals surface area (Å²) in [6.45, 7) is 2.97. The molecule has 3 rings (SSSR count). The first kappa shape index (κ1) is 19.6. The van der Waals surface area contributed by atoms with Crippen molar-refractivity contribution in [2.45, 2.75) is 30.3 Å². The molecule has 2 heterocycles. The number of nitrogens with zero attached hydrogens (tertiary/aromatic N) is 3. The minimum atomic E-state index is -0.933. The predicted molar refractivity (Wildman–Crippen MR) is 106 cm³/mol. The van der Waals surface area contributed by atoms with Gasteiger partial charge in [0.05, 0.1) is 11.2 Å². The van der Waals surface area contributed by atoms with Crippen LogP contribution in [0.5, 0.6) is 0 Å². The lowest BCUT2D eigenvalue weighted by Crippen LogP contribution is -2.47. The van der Waals surface area contributed by atoms with E-state index in [1.165, 1.54) is 0 Å². The molecule has 1 aliphatic heterocycles. The van der Waals surface area contributed by atoms with Gasteiger partial charge in [0.2, 0.25) is 0 Å². The predicted octanol–water partition coefficient (Wildman–Crippen LogP) is 3.43. The number of carbonyl (C=O) groups is 2. The van der Waals surface area contributed by atoms with Crippen LogP contribution >= 0.6 is 23.4 Å². The number of benzene rings is 1. The summed E-state index contributed by atoms with van der Waals surface area (Å²) < 4.78 is 0. The van der Waals surface area contributed by atoms with Gasteiger partial charge in [-0.15, -0.1) is 0 Å².